The molecule has 0 saturated heterocycles. The van der Waals surface area contributed by atoms with Gasteiger partial charge in [0.2, 0.25) is 0 Å². The van der Waals surface area contributed by atoms with Crippen molar-refractivity contribution in [2.24, 2.45) is 0 Å². The predicted molar refractivity (Wildman–Crippen MR) is 71.4 cm³/mol. The van der Waals surface area contributed by atoms with Gasteiger partial charge in [-0.15, -0.1) is 0 Å². The van der Waals surface area contributed by atoms with Gasteiger partial charge in [-0.25, -0.2) is 4.39 Å². The maximum absolute atomic E-state index is 13.2. The summed E-state index contributed by atoms with van der Waals surface area (Å²) in [6.07, 6.45) is 1.75. The molecular formula is C13H8BrClFNO. The minimum Gasteiger partial charge on any atom is -0.294 e. The van der Waals surface area contributed by atoms with Crippen LogP contribution in [-0.4, -0.2) is 10.8 Å². The summed E-state index contributed by atoms with van der Waals surface area (Å²) in [4.78, 5) is 16.0. The van der Waals surface area contributed by atoms with E-state index in [2.05, 4.69) is 20.9 Å². The van der Waals surface area contributed by atoms with E-state index in [-0.39, 0.29) is 17.2 Å². The molecule has 0 fully saturated rings. The van der Waals surface area contributed by atoms with E-state index in [0.717, 1.165) is 10.5 Å². The fourth-order valence-electron chi connectivity index (χ4n) is 1.45. The smallest absolute Gasteiger partial charge is 0.168 e. The van der Waals surface area contributed by atoms with Gasteiger partial charge in [0.05, 0.1) is 11.4 Å². The van der Waals surface area contributed by atoms with E-state index in [1.54, 1.807) is 18.3 Å². The lowest BCUT2D eigenvalue weighted by Gasteiger charge is -2.02. The molecule has 0 spiro atoms. The molecule has 0 saturated carbocycles. The molecule has 2 rings (SSSR count). The zero-order chi connectivity index (χ0) is 13.1. The Morgan fingerprint density at radius 3 is 2.72 bits per heavy atom. The monoisotopic (exact) mass is 327 g/mol. The number of halogens is 3. The topological polar surface area (TPSA) is 30.0 Å². The van der Waals surface area contributed by atoms with E-state index >= 15 is 0 Å². The summed E-state index contributed by atoms with van der Waals surface area (Å²) in [5, 5.41) is 0.00770. The number of Topliss-reactive ketones (excluding diaryl/α,β-unsaturated/α-hetero) is 1. The average molecular weight is 329 g/mol. The number of pyridine rings is 1. The highest BCUT2D eigenvalue weighted by Gasteiger charge is 2.10. The molecule has 1 aromatic carbocycles. The lowest BCUT2D eigenvalue weighted by atomic mass is 10.1. The standard InChI is InChI=1S/C13H8BrClFNO/c14-9-2-3-10(17-7-9)6-13(18)8-1-4-11(15)12(16)5-8/h1-5,7H,6H2. The van der Waals surface area contributed by atoms with Crippen LogP contribution in [-0.2, 0) is 6.42 Å². The molecule has 0 N–H and O–H groups in total. The van der Waals surface area contributed by atoms with Crippen LogP contribution in [0.15, 0.2) is 41.0 Å². The van der Waals surface area contributed by atoms with E-state index in [4.69, 9.17) is 11.6 Å². The van der Waals surface area contributed by atoms with Crippen molar-refractivity contribution in [2.75, 3.05) is 0 Å². The number of ketones is 1. The van der Waals surface area contributed by atoms with Crippen LogP contribution in [0.25, 0.3) is 0 Å². The maximum Gasteiger partial charge on any atom is 0.168 e. The SMILES string of the molecule is O=C(Cc1ccc(Br)cn1)c1ccc(Cl)c(F)c1. The van der Waals surface area contributed by atoms with E-state index in [1.165, 1.54) is 12.1 Å². The van der Waals surface area contributed by atoms with Gasteiger partial charge in [-0.2, -0.15) is 0 Å². The lowest BCUT2D eigenvalue weighted by Crippen LogP contribution is -2.05. The van der Waals surface area contributed by atoms with Gasteiger partial charge >= 0.3 is 0 Å². The highest BCUT2D eigenvalue weighted by Crippen LogP contribution is 2.17. The Labute approximate surface area is 117 Å². The summed E-state index contributed by atoms with van der Waals surface area (Å²) >= 11 is 8.82. The van der Waals surface area contributed by atoms with Crippen molar-refractivity contribution >= 4 is 33.3 Å². The van der Waals surface area contributed by atoms with E-state index in [1.807, 2.05) is 0 Å². The molecule has 18 heavy (non-hydrogen) atoms. The Kier molecular flexibility index (Phi) is 4.09. The van der Waals surface area contributed by atoms with Crippen LogP contribution in [0.2, 0.25) is 5.02 Å². The summed E-state index contributed by atoms with van der Waals surface area (Å²) in [6.45, 7) is 0. The number of rotatable bonds is 3. The van der Waals surface area contributed by atoms with Crippen LogP contribution in [0.5, 0.6) is 0 Å². The molecule has 1 aromatic heterocycles. The first-order chi connectivity index (χ1) is 8.56. The molecule has 0 aliphatic carbocycles. The average Bonchev–Trinajstić information content (AvgIpc) is 2.35. The maximum atomic E-state index is 13.2. The second-order valence-electron chi connectivity index (χ2n) is 3.70. The third kappa shape index (κ3) is 3.15. The van der Waals surface area contributed by atoms with Crippen LogP contribution in [0.1, 0.15) is 16.1 Å². The van der Waals surface area contributed by atoms with Crippen molar-refractivity contribution in [3.8, 4) is 0 Å². The molecule has 0 aliphatic rings. The Morgan fingerprint density at radius 2 is 2.11 bits per heavy atom. The summed E-state index contributed by atoms with van der Waals surface area (Å²) in [7, 11) is 0. The number of carbonyl (C=O) groups excluding carboxylic acids is 1. The minimum atomic E-state index is -0.591. The predicted octanol–water partition coefficient (Wildman–Crippen LogP) is 4.06. The molecule has 2 nitrogen and oxygen atoms in total. The van der Waals surface area contributed by atoms with Crippen molar-refractivity contribution in [1.29, 1.82) is 0 Å². The van der Waals surface area contributed by atoms with Crippen LogP contribution < -0.4 is 0 Å². The van der Waals surface area contributed by atoms with Crippen LogP contribution in [0.4, 0.5) is 4.39 Å². The molecular weight excluding hydrogens is 321 g/mol. The molecule has 0 radical (unpaired) electrons. The van der Waals surface area contributed by atoms with E-state index in [9.17, 15) is 9.18 Å². The number of nitrogens with zero attached hydrogens (tertiary/aromatic N) is 1. The van der Waals surface area contributed by atoms with Gasteiger partial charge in [-0.05, 0) is 46.3 Å². The first-order valence-corrected chi connectivity index (χ1v) is 6.32. The number of hydrogen-bond acceptors (Lipinski definition) is 2. The summed E-state index contributed by atoms with van der Waals surface area (Å²) in [5.41, 5.74) is 0.931. The van der Waals surface area contributed by atoms with Gasteiger partial charge in [0.25, 0.3) is 0 Å². The largest absolute Gasteiger partial charge is 0.294 e. The molecule has 5 heteroatoms. The molecule has 1 heterocycles. The second kappa shape index (κ2) is 5.59. The minimum absolute atomic E-state index is 0.00770. The Hall–Kier alpha value is -1.26. The normalized spacial score (nSPS) is 10.4. The first-order valence-electron chi connectivity index (χ1n) is 5.15. The summed E-state index contributed by atoms with van der Waals surface area (Å²) in [5.74, 6) is -0.785. The molecule has 0 bridgehead atoms. The fourth-order valence-corrected chi connectivity index (χ4v) is 1.80. The molecule has 0 unspecified atom stereocenters. The number of aromatic nitrogens is 1. The molecule has 0 atom stereocenters. The zero-order valence-electron chi connectivity index (χ0n) is 9.16. The van der Waals surface area contributed by atoms with Crippen LogP contribution >= 0.6 is 27.5 Å². The summed E-state index contributed by atoms with van der Waals surface area (Å²) < 4.78 is 14.1. The van der Waals surface area contributed by atoms with Gasteiger partial charge in [0.1, 0.15) is 5.82 Å². The highest BCUT2D eigenvalue weighted by molar-refractivity contribution is 9.10. The van der Waals surface area contributed by atoms with Crippen molar-refractivity contribution in [2.45, 2.75) is 6.42 Å². The first kappa shape index (κ1) is 13.2. The summed E-state index contributed by atoms with van der Waals surface area (Å²) in [6, 6.07) is 7.57. The third-order valence-electron chi connectivity index (χ3n) is 2.37. The van der Waals surface area contributed by atoms with E-state index in [0.29, 0.717) is 11.3 Å². The Bertz CT molecular complexity index is 586. The van der Waals surface area contributed by atoms with Gasteiger partial charge in [0.15, 0.2) is 5.78 Å². The highest BCUT2D eigenvalue weighted by atomic mass is 79.9. The molecule has 2 aromatic rings. The number of benzene rings is 1. The molecule has 92 valence electrons. The Morgan fingerprint density at radius 1 is 1.33 bits per heavy atom. The van der Waals surface area contributed by atoms with Gasteiger partial charge in [0, 0.05) is 21.9 Å². The van der Waals surface area contributed by atoms with Crippen molar-refractivity contribution in [3.63, 3.8) is 0 Å². The quantitative estimate of drug-likeness (QED) is 0.795. The van der Waals surface area contributed by atoms with Gasteiger partial charge in [-0.3, -0.25) is 9.78 Å². The Balaban J connectivity index is 2.16. The zero-order valence-corrected chi connectivity index (χ0v) is 11.5. The van der Waals surface area contributed by atoms with Crippen molar-refractivity contribution < 1.29 is 9.18 Å². The van der Waals surface area contributed by atoms with E-state index < -0.39 is 5.82 Å². The van der Waals surface area contributed by atoms with Crippen molar-refractivity contribution in [1.82, 2.24) is 4.98 Å². The van der Waals surface area contributed by atoms with Crippen LogP contribution in [0, 0.1) is 5.82 Å². The van der Waals surface area contributed by atoms with Gasteiger partial charge < -0.3 is 0 Å². The fraction of sp³-hybridized carbons (Fsp3) is 0.0769. The van der Waals surface area contributed by atoms with Crippen molar-refractivity contribution in [3.05, 3.63) is 63.1 Å². The van der Waals surface area contributed by atoms with Crippen LogP contribution in [0.3, 0.4) is 0 Å². The second-order valence-corrected chi connectivity index (χ2v) is 5.02. The molecule has 0 aliphatic heterocycles. The number of carbonyl (C=O) groups is 1. The third-order valence-corrected chi connectivity index (χ3v) is 3.15. The lowest BCUT2D eigenvalue weighted by molar-refractivity contribution is 0.0991. The van der Waals surface area contributed by atoms with Gasteiger partial charge in [-0.1, -0.05) is 11.6 Å². The number of hydrogen-bond donors (Lipinski definition) is 0. The molecule has 0 amide bonds.